The number of nitrogens with two attached hydrogens (primary N) is 1. The Balaban J connectivity index is 1.54. The van der Waals surface area contributed by atoms with Crippen LogP contribution in [0.5, 0.6) is 0 Å². The van der Waals surface area contributed by atoms with Crippen molar-refractivity contribution in [2.24, 2.45) is 11.7 Å². The van der Waals surface area contributed by atoms with Gasteiger partial charge in [-0.2, -0.15) is 0 Å². The van der Waals surface area contributed by atoms with Crippen LogP contribution in [0.4, 0.5) is 0 Å². The zero-order chi connectivity index (χ0) is 16.9. The lowest BCUT2D eigenvalue weighted by Gasteiger charge is -2.31. The van der Waals surface area contributed by atoms with Crippen LogP contribution in [-0.4, -0.2) is 40.6 Å². The fourth-order valence-electron chi connectivity index (χ4n) is 3.08. The number of hydrogen-bond donors (Lipinski definition) is 2. The normalized spacial score (nSPS) is 17.0. The first kappa shape index (κ1) is 16.7. The minimum Gasteiger partial charge on any atom is -0.446 e. The maximum Gasteiger partial charge on any atom is 0.275 e. The van der Waals surface area contributed by atoms with E-state index in [1.54, 1.807) is 0 Å². The van der Waals surface area contributed by atoms with Crippen molar-refractivity contribution in [1.82, 2.24) is 9.88 Å². The number of aromatic nitrogens is 1. The SMILES string of the molecule is NC(CO)c1nc(C(=O)N2CCC(Cc3ccccc3)CC2)co1. The second-order valence-corrected chi connectivity index (χ2v) is 6.29. The molecule has 0 bridgehead atoms. The molecule has 3 N–H and O–H groups in total. The van der Waals surface area contributed by atoms with E-state index in [2.05, 4.69) is 29.2 Å². The summed E-state index contributed by atoms with van der Waals surface area (Å²) < 4.78 is 5.19. The lowest BCUT2D eigenvalue weighted by molar-refractivity contribution is 0.0684. The summed E-state index contributed by atoms with van der Waals surface area (Å²) in [7, 11) is 0. The number of piperidine rings is 1. The zero-order valence-corrected chi connectivity index (χ0v) is 13.6. The first-order valence-corrected chi connectivity index (χ1v) is 8.32. The smallest absolute Gasteiger partial charge is 0.275 e. The number of oxazole rings is 1. The van der Waals surface area contributed by atoms with Crippen LogP contribution in [-0.2, 0) is 6.42 Å². The average molecular weight is 329 g/mol. The van der Waals surface area contributed by atoms with Crippen molar-refractivity contribution >= 4 is 5.91 Å². The van der Waals surface area contributed by atoms with Gasteiger partial charge < -0.3 is 20.2 Å². The van der Waals surface area contributed by atoms with Gasteiger partial charge in [0, 0.05) is 13.1 Å². The topological polar surface area (TPSA) is 92.6 Å². The van der Waals surface area contributed by atoms with Crippen LogP contribution in [0.2, 0.25) is 0 Å². The number of nitrogens with zero attached hydrogens (tertiary/aromatic N) is 2. The highest BCUT2D eigenvalue weighted by molar-refractivity contribution is 5.92. The van der Waals surface area contributed by atoms with E-state index in [-0.39, 0.29) is 24.1 Å². The molecular formula is C18H23N3O3. The molecule has 1 fully saturated rings. The van der Waals surface area contributed by atoms with Crippen molar-refractivity contribution in [3.8, 4) is 0 Å². The van der Waals surface area contributed by atoms with Gasteiger partial charge in [-0.05, 0) is 30.7 Å². The van der Waals surface area contributed by atoms with Gasteiger partial charge in [0.25, 0.3) is 5.91 Å². The van der Waals surface area contributed by atoms with Crippen molar-refractivity contribution in [2.45, 2.75) is 25.3 Å². The third-order valence-electron chi connectivity index (χ3n) is 4.52. The minimum atomic E-state index is -0.692. The third-order valence-corrected chi connectivity index (χ3v) is 4.52. The van der Waals surface area contributed by atoms with Gasteiger partial charge in [0.15, 0.2) is 5.69 Å². The molecule has 0 aliphatic carbocycles. The summed E-state index contributed by atoms with van der Waals surface area (Å²) in [6.07, 6.45) is 4.36. The highest BCUT2D eigenvalue weighted by Gasteiger charge is 2.26. The fraction of sp³-hybridized carbons (Fsp3) is 0.444. The summed E-state index contributed by atoms with van der Waals surface area (Å²) in [6.45, 7) is 1.19. The van der Waals surface area contributed by atoms with E-state index in [9.17, 15) is 4.79 Å². The van der Waals surface area contributed by atoms with Crippen LogP contribution in [0, 0.1) is 5.92 Å². The molecule has 6 nitrogen and oxygen atoms in total. The molecule has 128 valence electrons. The van der Waals surface area contributed by atoms with E-state index < -0.39 is 6.04 Å². The first-order valence-electron chi connectivity index (χ1n) is 8.32. The van der Waals surface area contributed by atoms with Crippen LogP contribution < -0.4 is 5.73 Å². The van der Waals surface area contributed by atoms with Crippen LogP contribution in [0.25, 0.3) is 0 Å². The Morgan fingerprint density at radius 1 is 1.33 bits per heavy atom. The Bertz CT molecular complexity index is 663. The summed E-state index contributed by atoms with van der Waals surface area (Å²) in [5.74, 6) is 0.667. The first-order chi connectivity index (χ1) is 11.7. The molecule has 6 heteroatoms. The summed E-state index contributed by atoms with van der Waals surface area (Å²) in [5, 5.41) is 9.01. The number of amides is 1. The number of carbonyl (C=O) groups is 1. The molecule has 2 aromatic rings. The van der Waals surface area contributed by atoms with Gasteiger partial charge in [-0.1, -0.05) is 30.3 Å². The molecule has 24 heavy (non-hydrogen) atoms. The summed E-state index contributed by atoms with van der Waals surface area (Å²) in [5.41, 5.74) is 7.25. The van der Waals surface area contributed by atoms with Gasteiger partial charge in [-0.15, -0.1) is 0 Å². The number of aliphatic hydroxyl groups excluding tert-OH is 1. The Hall–Kier alpha value is -2.18. The second-order valence-electron chi connectivity index (χ2n) is 6.29. The highest BCUT2D eigenvalue weighted by atomic mass is 16.3. The second kappa shape index (κ2) is 7.59. The molecule has 0 radical (unpaired) electrons. The number of aliphatic hydroxyl groups is 1. The largest absolute Gasteiger partial charge is 0.446 e. The lowest BCUT2D eigenvalue weighted by Crippen LogP contribution is -2.39. The standard InChI is InChI=1S/C18H23N3O3/c19-15(11-22)17-20-16(12-24-17)18(23)21-8-6-14(7-9-21)10-13-4-2-1-3-5-13/h1-5,12,14-15,22H,6-11,19H2. The van der Waals surface area contributed by atoms with Crippen molar-refractivity contribution in [2.75, 3.05) is 19.7 Å². The Labute approximate surface area is 141 Å². The van der Waals surface area contributed by atoms with Crippen molar-refractivity contribution < 1.29 is 14.3 Å². The van der Waals surface area contributed by atoms with E-state index in [1.165, 1.54) is 11.8 Å². The van der Waals surface area contributed by atoms with Gasteiger partial charge in [0.1, 0.15) is 12.3 Å². The molecule has 3 rings (SSSR count). The number of hydrogen-bond acceptors (Lipinski definition) is 5. The summed E-state index contributed by atoms with van der Waals surface area (Å²) in [6, 6.07) is 9.76. The van der Waals surface area contributed by atoms with E-state index >= 15 is 0 Å². The molecule has 1 unspecified atom stereocenters. The Kier molecular flexibility index (Phi) is 5.27. The monoisotopic (exact) mass is 329 g/mol. The Morgan fingerprint density at radius 2 is 2.04 bits per heavy atom. The summed E-state index contributed by atoms with van der Waals surface area (Å²) >= 11 is 0. The molecule has 1 amide bonds. The fourth-order valence-corrected chi connectivity index (χ4v) is 3.08. The molecule has 1 aromatic heterocycles. The number of benzene rings is 1. The summed E-state index contributed by atoms with van der Waals surface area (Å²) in [4.78, 5) is 18.4. The molecule has 0 spiro atoms. The van der Waals surface area contributed by atoms with Crippen molar-refractivity contribution in [1.29, 1.82) is 0 Å². The minimum absolute atomic E-state index is 0.131. The zero-order valence-electron chi connectivity index (χ0n) is 13.6. The maximum absolute atomic E-state index is 12.5. The average Bonchev–Trinajstić information content (AvgIpc) is 3.12. The van der Waals surface area contributed by atoms with Gasteiger partial charge in [0.2, 0.25) is 5.89 Å². The van der Waals surface area contributed by atoms with Gasteiger partial charge in [-0.3, -0.25) is 4.79 Å². The maximum atomic E-state index is 12.5. The quantitative estimate of drug-likeness (QED) is 0.872. The molecule has 1 aliphatic rings. The number of carbonyl (C=O) groups excluding carboxylic acids is 1. The molecule has 1 atom stereocenters. The van der Waals surface area contributed by atoms with E-state index in [0.717, 1.165) is 32.4 Å². The van der Waals surface area contributed by atoms with Gasteiger partial charge in [0.05, 0.1) is 6.61 Å². The molecular weight excluding hydrogens is 306 g/mol. The van der Waals surface area contributed by atoms with Crippen LogP contribution in [0.1, 0.15) is 40.8 Å². The van der Waals surface area contributed by atoms with Crippen LogP contribution in [0.15, 0.2) is 41.0 Å². The number of likely N-dealkylation sites (tertiary alicyclic amines) is 1. The molecule has 1 saturated heterocycles. The Morgan fingerprint density at radius 3 is 2.71 bits per heavy atom. The van der Waals surface area contributed by atoms with E-state index in [4.69, 9.17) is 15.3 Å². The van der Waals surface area contributed by atoms with E-state index in [0.29, 0.717) is 5.92 Å². The predicted octanol–water partition coefficient (Wildman–Crippen LogP) is 1.76. The van der Waals surface area contributed by atoms with Crippen LogP contribution >= 0.6 is 0 Å². The van der Waals surface area contributed by atoms with Gasteiger partial charge >= 0.3 is 0 Å². The third kappa shape index (κ3) is 3.83. The van der Waals surface area contributed by atoms with Crippen molar-refractivity contribution in [3.05, 3.63) is 53.7 Å². The van der Waals surface area contributed by atoms with Gasteiger partial charge in [-0.25, -0.2) is 4.98 Å². The van der Waals surface area contributed by atoms with Crippen molar-refractivity contribution in [3.63, 3.8) is 0 Å². The van der Waals surface area contributed by atoms with Crippen LogP contribution in [0.3, 0.4) is 0 Å². The number of rotatable bonds is 5. The molecule has 1 aliphatic heterocycles. The molecule has 2 heterocycles. The molecule has 1 aromatic carbocycles. The predicted molar refractivity (Wildman–Crippen MR) is 89.3 cm³/mol. The lowest BCUT2D eigenvalue weighted by atomic mass is 9.90. The van der Waals surface area contributed by atoms with E-state index in [1.807, 2.05) is 11.0 Å². The highest BCUT2D eigenvalue weighted by Crippen LogP contribution is 2.23. The molecule has 0 saturated carbocycles.